The second kappa shape index (κ2) is 7.34. The number of thiophene rings is 1. The van der Waals surface area contributed by atoms with E-state index in [9.17, 15) is 4.79 Å². The first kappa shape index (κ1) is 16.9. The van der Waals surface area contributed by atoms with E-state index in [1.165, 1.54) is 10.6 Å². The Hall–Kier alpha value is -2.59. The molecule has 1 amide bonds. The highest BCUT2D eigenvalue weighted by atomic mass is 32.1. The van der Waals surface area contributed by atoms with Gasteiger partial charge in [0.15, 0.2) is 0 Å². The van der Waals surface area contributed by atoms with E-state index in [1.807, 2.05) is 34.5 Å². The van der Waals surface area contributed by atoms with E-state index in [0.29, 0.717) is 0 Å². The summed E-state index contributed by atoms with van der Waals surface area (Å²) in [6.07, 6.45) is 0. The number of carbonyl (C=O) groups excluding carboxylic acids is 1. The topological polar surface area (TPSA) is 23.6 Å². The number of hydrogen-bond donors (Lipinski definition) is 0. The molecule has 3 nitrogen and oxygen atoms in total. The van der Waals surface area contributed by atoms with E-state index < -0.39 is 0 Å². The lowest BCUT2D eigenvalue weighted by atomic mass is 10.0. The van der Waals surface area contributed by atoms with Gasteiger partial charge in [0.25, 0.3) is 5.91 Å². The van der Waals surface area contributed by atoms with E-state index in [0.717, 1.165) is 42.9 Å². The normalized spacial score (nSPS) is 14.5. The van der Waals surface area contributed by atoms with E-state index in [4.69, 9.17) is 0 Å². The maximum atomic E-state index is 13.2. The van der Waals surface area contributed by atoms with Crippen LogP contribution in [0.5, 0.6) is 0 Å². The first-order valence-corrected chi connectivity index (χ1v) is 9.85. The molecule has 4 rings (SSSR count). The number of benzene rings is 2. The van der Waals surface area contributed by atoms with E-state index in [1.54, 1.807) is 11.3 Å². The van der Waals surface area contributed by atoms with Crippen molar-refractivity contribution in [3.8, 4) is 11.1 Å². The Labute approximate surface area is 158 Å². The molecular formula is C22H22N2OS. The Bertz CT molecular complexity index is 881. The molecule has 3 aromatic rings. The lowest BCUT2D eigenvalue weighted by Crippen LogP contribution is -2.48. The van der Waals surface area contributed by atoms with Crippen LogP contribution in [0.25, 0.3) is 11.1 Å². The molecule has 2 heterocycles. The molecule has 0 spiro atoms. The summed E-state index contributed by atoms with van der Waals surface area (Å²) in [4.78, 5) is 18.7. The molecule has 0 unspecified atom stereocenters. The molecule has 1 fully saturated rings. The lowest BCUT2D eigenvalue weighted by molar-refractivity contribution is 0.0748. The smallest absolute Gasteiger partial charge is 0.255 e. The SMILES string of the molecule is Cc1scc(C(=O)N2CCN(c3ccccc3)CC2)c1-c1ccccc1. The van der Waals surface area contributed by atoms with E-state index in [-0.39, 0.29) is 5.91 Å². The summed E-state index contributed by atoms with van der Waals surface area (Å²) in [5.74, 6) is 0.154. The zero-order valence-electron chi connectivity index (χ0n) is 14.9. The first-order valence-electron chi connectivity index (χ1n) is 8.97. The van der Waals surface area contributed by atoms with Crippen molar-refractivity contribution in [2.45, 2.75) is 6.92 Å². The number of amides is 1. The molecule has 0 N–H and O–H groups in total. The number of hydrogen-bond acceptors (Lipinski definition) is 3. The first-order chi connectivity index (χ1) is 12.7. The van der Waals surface area contributed by atoms with Crippen LogP contribution in [0, 0.1) is 6.92 Å². The van der Waals surface area contributed by atoms with E-state index in [2.05, 4.69) is 48.2 Å². The predicted molar refractivity (Wildman–Crippen MR) is 109 cm³/mol. The maximum Gasteiger partial charge on any atom is 0.255 e. The van der Waals surface area contributed by atoms with Crippen molar-refractivity contribution in [1.82, 2.24) is 4.90 Å². The minimum Gasteiger partial charge on any atom is -0.368 e. The van der Waals surface area contributed by atoms with Crippen LogP contribution in [-0.2, 0) is 0 Å². The summed E-state index contributed by atoms with van der Waals surface area (Å²) in [6.45, 7) is 5.36. The van der Waals surface area contributed by atoms with Crippen molar-refractivity contribution in [2.75, 3.05) is 31.1 Å². The third kappa shape index (κ3) is 3.25. The average Bonchev–Trinajstić information content (AvgIpc) is 3.10. The van der Waals surface area contributed by atoms with Crippen LogP contribution in [0.3, 0.4) is 0 Å². The highest BCUT2D eigenvalue weighted by molar-refractivity contribution is 7.10. The highest BCUT2D eigenvalue weighted by Crippen LogP contribution is 2.33. The highest BCUT2D eigenvalue weighted by Gasteiger charge is 2.25. The van der Waals surface area contributed by atoms with Crippen LogP contribution < -0.4 is 4.90 Å². The fourth-order valence-corrected chi connectivity index (χ4v) is 4.41. The fraction of sp³-hybridized carbons (Fsp3) is 0.227. The molecule has 4 heteroatoms. The summed E-state index contributed by atoms with van der Waals surface area (Å²) < 4.78 is 0. The van der Waals surface area contributed by atoms with Crippen molar-refractivity contribution in [1.29, 1.82) is 0 Å². The van der Waals surface area contributed by atoms with Crippen LogP contribution in [0.4, 0.5) is 5.69 Å². The summed E-state index contributed by atoms with van der Waals surface area (Å²) in [5.41, 5.74) is 4.28. The fourth-order valence-electron chi connectivity index (χ4n) is 3.55. The van der Waals surface area contributed by atoms with E-state index >= 15 is 0 Å². The quantitative estimate of drug-likeness (QED) is 0.675. The number of anilines is 1. The van der Waals surface area contributed by atoms with Gasteiger partial charge in [-0.3, -0.25) is 4.79 Å². The monoisotopic (exact) mass is 362 g/mol. The van der Waals surface area contributed by atoms with Gasteiger partial charge < -0.3 is 9.80 Å². The van der Waals surface area contributed by atoms with Gasteiger partial charge in [-0.1, -0.05) is 48.5 Å². The minimum absolute atomic E-state index is 0.154. The maximum absolute atomic E-state index is 13.2. The van der Waals surface area contributed by atoms with Gasteiger partial charge in [-0.05, 0) is 24.6 Å². The summed E-state index contributed by atoms with van der Waals surface area (Å²) >= 11 is 1.66. The summed E-state index contributed by atoms with van der Waals surface area (Å²) in [5, 5.41) is 2.02. The lowest BCUT2D eigenvalue weighted by Gasteiger charge is -2.36. The molecule has 1 aliphatic rings. The second-order valence-electron chi connectivity index (χ2n) is 6.56. The van der Waals surface area contributed by atoms with Crippen LogP contribution in [-0.4, -0.2) is 37.0 Å². The molecule has 0 aliphatic carbocycles. The van der Waals surface area contributed by atoms with Gasteiger partial charge in [0.1, 0.15) is 0 Å². The molecule has 2 aromatic carbocycles. The standard InChI is InChI=1S/C22H22N2OS/c1-17-21(18-8-4-2-5-9-18)20(16-26-17)22(25)24-14-12-23(13-15-24)19-10-6-3-7-11-19/h2-11,16H,12-15H2,1H3. The number of para-hydroxylation sites is 1. The zero-order chi connectivity index (χ0) is 17.9. The number of piperazine rings is 1. The Kier molecular flexibility index (Phi) is 4.76. The number of carbonyl (C=O) groups is 1. The average molecular weight is 362 g/mol. The van der Waals surface area contributed by atoms with Crippen LogP contribution in [0.2, 0.25) is 0 Å². The third-order valence-corrected chi connectivity index (χ3v) is 5.87. The van der Waals surface area contributed by atoms with Crippen molar-refractivity contribution in [2.24, 2.45) is 0 Å². The molecule has 0 saturated carbocycles. The third-order valence-electron chi connectivity index (χ3n) is 4.96. The molecule has 0 atom stereocenters. The van der Waals surface area contributed by atoms with Crippen LogP contribution >= 0.6 is 11.3 Å². The number of rotatable bonds is 3. The van der Waals surface area contributed by atoms with Gasteiger partial charge in [0.2, 0.25) is 0 Å². The van der Waals surface area contributed by atoms with Gasteiger partial charge in [-0.15, -0.1) is 11.3 Å². The largest absolute Gasteiger partial charge is 0.368 e. The van der Waals surface area contributed by atoms with Crippen molar-refractivity contribution in [3.05, 3.63) is 76.5 Å². The van der Waals surface area contributed by atoms with Gasteiger partial charge in [-0.2, -0.15) is 0 Å². The Morgan fingerprint density at radius 2 is 1.50 bits per heavy atom. The van der Waals surface area contributed by atoms with Gasteiger partial charge >= 0.3 is 0 Å². The Balaban J connectivity index is 1.52. The summed E-state index contributed by atoms with van der Waals surface area (Å²) in [7, 11) is 0. The molecule has 26 heavy (non-hydrogen) atoms. The number of nitrogens with zero attached hydrogens (tertiary/aromatic N) is 2. The van der Waals surface area contributed by atoms with Crippen LogP contribution in [0.1, 0.15) is 15.2 Å². The van der Waals surface area contributed by atoms with Crippen LogP contribution in [0.15, 0.2) is 66.0 Å². The Morgan fingerprint density at radius 1 is 0.885 bits per heavy atom. The molecule has 0 radical (unpaired) electrons. The summed E-state index contributed by atoms with van der Waals surface area (Å²) in [6, 6.07) is 20.7. The molecule has 1 saturated heterocycles. The van der Waals surface area contributed by atoms with Crippen molar-refractivity contribution < 1.29 is 4.79 Å². The Morgan fingerprint density at radius 3 is 2.15 bits per heavy atom. The predicted octanol–water partition coefficient (Wildman–Crippen LogP) is 4.69. The van der Waals surface area contributed by atoms with Crippen molar-refractivity contribution in [3.63, 3.8) is 0 Å². The second-order valence-corrected chi connectivity index (χ2v) is 7.65. The molecule has 1 aromatic heterocycles. The number of aryl methyl sites for hydroxylation is 1. The minimum atomic E-state index is 0.154. The molecular weight excluding hydrogens is 340 g/mol. The van der Waals surface area contributed by atoms with Gasteiger partial charge in [0.05, 0.1) is 5.56 Å². The van der Waals surface area contributed by atoms with Crippen molar-refractivity contribution >= 4 is 22.9 Å². The molecule has 0 bridgehead atoms. The molecule has 132 valence electrons. The van der Waals surface area contributed by atoms with Gasteiger partial charge in [0, 0.05) is 47.7 Å². The van der Waals surface area contributed by atoms with Gasteiger partial charge in [-0.25, -0.2) is 0 Å². The molecule has 1 aliphatic heterocycles. The zero-order valence-corrected chi connectivity index (χ0v) is 15.7.